The molecule has 6 heteroatoms. The third-order valence-corrected chi connectivity index (χ3v) is 5.25. The van der Waals surface area contributed by atoms with Crippen LogP contribution in [0.4, 0.5) is 0 Å². The third kappa shape index (κ3) is 5.04. The second-order valence-electron chi connectivity index (χ2n) is 7.16. The lowest BCUT2D eigenvalue weighted by molar-refractivity contribution is -0.133. The summed E-state index contributed by atoms with van der Waals surface area (Å²) in [5.41, 5.74) is 2.69. The highest BCUT2D eigenvalue weighted by molar-refractivity contribution is 5.78. The van der Waals surface area contributed by atoms with Crippen LogP contribution in [-0.2, 0) is 16.1 Å². The molecule has 0 radical (unpaired) electrons. The van der Waals surface area contributed by atoms with E-state index in [1.165, 1.54) is 11.1 Å². The van der Waals surface area contributed by atoms with Crippen molar-refractivity contribution in [2.75, 3.05) is 52.4 Å². The molecule has 2 heterocycles. The summed E-state index contributed by atoms with van der Waals surface area (Å²) in [6, 6.07) is 10.6. The van der Waals surface area contributed by atoms with Gasteiger partial charge in [0.1, 0.15) is 0 Å². The van der Waals surface area contributed by atoms with Gasteiger partial charge in [-0.3, -0.25) is 14.6 Å². The Bertz CT molecular complexity index is 657. The number of nitrogens with zero attached hydrogens (tertiary/aromatic N) is 4. The van der Waals surface area contributed by atoms with E-state index < -0.39 is 6.10 Å². The van der Waals surface area contributed by atoms with E-state index in [2.05, 4.69) is 42.2 Å². The fourth-order valence-electron chi connectivity index (χ4n) is 3.62. The minimum absolute atomic E-state index is 0.168. The van der Waals surface area contributed by atoms with E-state index in [-0.39, 0.29) is 5.91 Å². The smallest absolute Gasteiger partial charge is 0.236 e. The van der Waals surface area contributed by atoms with Crippen molar-refractivity contribution in [3.8, 4) is 6.07 Å². The number of carbonyl (C=O) groups is 1. The largest absolute Gasteiger partial charge is 0.361 e. The first-order chi connectivity index (χ1) is 12.7. The molecule has 0 N–H and O–H groups in total. The van der Waals surface area contributed by atoms with Gasteiger partial charge in [0.15, 0.2) is 6.10 Å². The van der Waals surface area contributed by atoms with Crippen LogP contribution < -0.4 is 0 Å². The molecule has 1 amide bonds. The van der Waals surface area contributed by atoms with E-state index in [9.17, 15) is 4.79 Å². The van der Waals surface area contributed by atoms with Crippen LogP contribution in [0.15, 0.2) is 24.3 Å². The number of carbonyl (C=O) groups excluding carboxylic acids is 1. The van der Waals surface area contributed by atoms with Crippen LogP contribution in [-0.4, -0.2) is 79.1 Å². The van der Waals surface area contributed by atoms with Gasteiger partial charge in [-0.15, -0.1) is 0 Å². The maximum absolute atomic E-state index is 12.7. The summed E-state index contributed by atoms with van der Waals surface area (Å²) in [6.45, 7) is 8.77. The maximum Gasteiger partial charge on any atom is 0.236 e. The standard InChI is InChI=1S/C20H28N4O2/c1-17-5-2-3-6-18(17)14-22-7-4-8-24(10-9-22)20(25)16-23-11-12-26-19(13-21)15-23/h2-3,5-6,19H,4,7-12,14-16H2,1H3. The number of aryl methyl sites for hydroxylation is 1. The van der Waals surface area contributed by atoms with Crippen LogP contribution in [0, 0.1) is 18.3 Å². The Morgan fingerprint density at radius 2 is 2.04 bits per heavy atom. The second kappa shape index (κ2) is 9.13. The van der Waals surface area contributed by atoms with Crippen LogP contribution in [0.2, 0.25) is 0 Å². The summed E-state index contributed by atoms with van der Waals surface area (Å²) in [6.07, 6.45) is 0.590. The number of morpholine rings is 1. The van der Waals surface area contributed by atoms with Crippen molar-refractivity contribution in [2.24, 2.45) is 0 Å². The molecule has 0 saturated carbocycles. The Hall–Kier alpha value is -1.94. The van der Waals surface area contributed by atoms with Crippen LogP contribution in [0.5, 0.6) is 0 Å². The number of nitriles is 1. The van der Waals surface area contributed by atoms with Crippen LogP contribution in [0.25, 0.3) is 0 Å². The van der Waals surface area contributed by atoms with Crippen molar-refractivity contribution in [1.82, 2.24) is 14.7 Å². The minimum Gasteiger partial charge on any atom is -0.361 e. The zero-order chi connectivity index (χ0) is 18.4. The molecule has 0 spiro atoms. The summed E-state index contributed by atoms with van der Waals surface area (Å²) in [5, 5.41) is 9.00. The molecule has 2 aliphatic heterocycles. The fourth-order valence-corrected chi connectivity index (χ4v) is 3.62. The highest BCUT2D eigenvalue weighted by Crippen LogP contribution is 2.13. The van der Waals surface area contributed by atoms with Crippen LogP contribution >= 0.6 is 0 Å². The second-order valence-corrected chi connectivity index (χ2v) is 7.16. The molecular formula is C20H28N4O2. The highest BCUT2D eigenvalue weighted by Gasteiger charge is 2.25. The van der Waals surface area contributed by atoms with Crippen molar-refractivity contribution in [3.63, 3.8) is 0 Å². The van der Waals surface area contributed by atoms with Crippen LogP contribution in [0.1, 0.15) is 17.5 Å². The summed E-state index contributed by atoms with van der Waals surface area (Å²) in [4.78, 5) is 19.1. The average Bonchev–Trinajstić information content (AvgIpc) is 2.89. The summed E-state index contributed by atoms with van der Waals surface area (Å²) < 4.78 is 5.35. The van der Waals surface area contributed by atoms with Crippen molar-refractivity contribution in [1.29, 1.82) is 5.26 Å². The molecule has 26 heavy (non-hydrogen) atoms. The van der Waals surface area contributed by atoms with Gasteiger partial charge in [-0.25, -0.2) is 0 Å². The van der Waals surface area contributed by atoms with Gasteiger partial charge in [-0.1, -0.05) is 24.3 Å². The number of ether oxygens (including phenoxy) is 1. The number of benzene rings is 1. The van der Waals surface area contributed by atoms with E-state index in [1.54, 1.807) is 0 Å². The Morgan fingerprint density at radius 3 is 2.85 bits per heavy atom. The molecule has 1 atom stereocenters. The zero-order valence-electron chi connectivity index (χ0n) is 15.6. The fraction of sp³-hybridized carbons (Fsp3) is 0.600. The summed E-state index contributed by atoms with van der Waals surface area (Å²) in [7, 11) is 0. The van der Waals surface area contributed by atoms with Crippen LogP contribution in [0.3, 0.4) is 0 Å². The van der Waals surface area contributed by atoms with E-state index in [0.29, 0.717) is 19.7 Å². The summed E-state index contributed by atoms with van der Waals surface area (Å²) >= 11 is 0. The van der Waals surface area contributed by atoms with E-state index in [1.807, 2.05) is 9.80 Å². The molecule has 140 valence electrons. The topological polar surface area (TPSA) is 59.8 Å². The maximum atomic E-state index is 12.7. The van der Waals surface area contributed by atoms with E-state index >= 15 is 0 Å². The Balaban J connectivity index is 1.49. The predicted molar refractivity (Wildman–Crippen MR) is 99.4 cm³/mol. The molecule has 2 fully saturated rings. The normalized spacial score (nSPS) is 22.6. The Kier molecular flexibility index (Phi) is 6.62. The average molecular weight is 356 g/mol. The molecule has 2 saturated heterocycles. The van der Waals surface area contributed by atoms with E-state index in [0.717, 1.165) is 45.7 Å². The van der Waals surface area contributed by atoms with E-state index in [4.69, 9.17) is 10.00 Å². The van der Waals surface area contributed by atoms with Crippen molar-refractivity contribution in [2.45, 2.75) is 26.0 Å². The summed E-state index contributed by atoms with van der Waals surface area (Å²) in [5.74, 6) is 0.168. The molecule has 0 aliphatic carbocycles. The Labute approximate surface area is 155 Å². The van der Waals surface area contributed by atoms with Crippen molar-refractivity contribution in [3.05, 3.63) is 35.4 Å². The van der Waals surface area contributed by atoms with Gasteiger partial charge in [0, 0.05) is 45.8 Å². The number of hydrogen-bond acceptors (Lipinski definition) is 5. The van der Waals surface area contributed by atoms with Gasteiger partial charge in [0.05, 0.1) is 19.2 Å². The lowest BCUT2D eigenvalue weighted by atomic mass is 10.1. The van der Waals surface area contributed by atoms with Gasteiger partial charge in [-0.2, -0.15) is 5.26 Å². The molecule has 2 aliphatic rings. The van der Waals surface area contributed by atoms with Gasteiger partial charge in [0.25, 0.3) is 0 Å². The zero-order valence-corrected chi connectivity index (χ0v) is 15.6. The predicted octanol–water partition coefficient (Wildman–Crippen LogP) is 1.25. The SMILES string of the molecule is Cc1ccccc1CN1CCCN(C(=O)CN2CCOC(C#N)C2)CC1. The highest BCUT2D eigenvalue weighted by atomic mass is 16.5. The van der Waals surface area contributed by atoms with Crippen molar-refractivity contribution < 1.29 is 9.53 Å². The molecule has 1 unspecified atom stereocenters. The Morgan fingerprint density at radius 1 is 1.19 bits per heavy atom. The quantitative estimate of drug-likeness (QED) is 0.813. The lowest BCUT2D eigenvalue weighted by Crippen LogP contribution is -2.48. The van der Waals surface area contributed by atoms with Gasteiger partial charge in [-0.05, 0) is 24.5 Å². The lowest BCUT2D eigenvalue weighted by Gasteiger charge is -2.31. The van der Waals surface area contributed by atoms with Crippen molar-refractivity contribution >= 4 is 5.91 Å². The van der Waals surface area contributed by atoms with Gasteiger partial charge < -0.3 is 9.64 Å². The first kappa shape index (κ1) is 18.8. The molecule has 6 nitrogen and oxygen atoms in total. The van der Waals surface area contributed by atoms with Gasteiger partial charge >= 0.3 is 0 Å². The molecular weight excluding hydrogens is 328 g/mol. The first-order valence-corrected chi connectivity index (χ1v) is 9.44. The third-order valence-electron chi connectivity index (χ3n) is 5.25. The van der Waals surface area contributed by atoms with Gasteiger partial charge in [0.2, 0.25) is 5.91 Å². The molecule has 1 aromatic carbocycles. The first-order valence-electron chi connectivity index (χ1n) is 9.44. The molecule has 0 bridgehead atoms. The molecule has 1 aromatic rings. The number of rotatable bonds is 4. The monoisotopic (exact) mass is 356 g/mol. The number of hydrogen-bond donors (Lipinski definition) is 0. The number of amides is 1. The minimum atomic E-state index is -0.412. The molecule has 0 aromatic heterocycles. The molecule has 3 rings (SSSR count).